The minimum absolute atomic E-state index is 0.0359. The summed E-state index contributed by atoms with van der Waals surface area (Å²) in [6, 6.07) is 4.32. The third-order valence-corrected chi connectivity index (χ3v) is 2.59. The molecule has 0 fully saturated rings. The lowest BCUT2D eigenvalue weighted by atomic mass is 10.1. The Balaban J connectivity index is 2.47. The van der Waals surface area contributed by atoms with Crippen molar-refractivity contribution >= 4 is 17.8 Å². The molecular formula is C13H15FN2O4. The molecule has 4 N–H and O–H groups in total. The van der Waals surface area contributed by atoms with Gasteiger partial charge in [0.15, 0.2) is 0 Å². The summed E-state index contributed by atoms with van der Waals surface area (Å²) < 4.78 is 12.7. The van der Waals surface area contributed by atoms with Gasteiger partial charge in [0.2, 0.25) is 11.8 Å². The van der Waals surface area contributed by atoms with E-state index < -0.39 is 30.2 Å². The molecule has 0 unspecified atom stereocenters. The second-order valence-electron chi connectivity index (χ2n) is 4.26. The molecule has 7 heteroatoms. The Morgan fingerprint density at radius 2 is 1.85 bits per heavy atom. The predicted octanol–water partition coefficient (Wildman–Crippen LogP) is 0.203. The zero-order valence-corrected chi connectivity index (χ0v) is 10.6. The van der Waals surface area contributed by atoms with Gasteiger partial charge in [0, 0.05) is 6.42 Å². The third kappa shape index (κ3) is 5.47. The summed E-state index contributed by atoms with van der Waals surface area (Å²) in [4.78, 5) is 33.1. The Kier molecular flexibility index (Phi) is 5.64. The van der Waals surface area contributed by atoms with Gasteiger partial charge in [-0.2, -0.15) is 0 Å². The van der Waals surface area contributed by atoms with Crippen molar-refractivity contribution in [2.24, 2.45) is 5.73 Å². The van der Waals surface area contributed by atoms with Crippen LogP contribution in [-0.2, 0) is 20.8 Å². The molecule has 0 saturated carbocycles. The number of carbonyl (C=O) groups excluding carboxylic acids is 2. The van der Waals surface area contributed by atoms with Gasteiger partial charge in [0.25, 0.3) is 0 Å². The lowest BCUT2D eigenvalue weighted by Gasteiger charge is -2.12. The number of carboxylic acid groups (broad SMARTS) is 1. The summed E-state index contributed by atoms with van der Waals surface area (Å²) in [7, 11) is 0. The van der Waals surface area contributed by atoms with Crippen LogP contribution in [0.4, 0.5) is 4.39 Å². The highest BCUT2D eigenvalue weighted by Gasteiger charge is 2.21. The molecule has 0 heterocycles. The number of halogens is 1. The van der Waals surface area contributed by atoms with Gasteiger partial charge in [0.1, 0.15) is 11.9 Å². The molecule has 1 rings (SSSR count). The number of carbonyl (C=O) groups is 3. The fourth-order valence-corrected chi connectivity index (χ4v) is 1.58. The van der Waals surface area contributed by atoms with E-state index in [1.165, 1.54) is 12.1 Å². The van der Waals surface area contributed by atoms with E-state index in [0.717, 1.165) is 5.56 Å². The van der Waals surface area contributed by atoms with E-state index in [4.69, 9.17) is 10.8 Å². The van der Waals surface area contributed by atoms with Gasteiger partial charge >= 0.3 is 5.97 Å². The standard InChI is InChI=1S/C13H15FN2O4/c14-9-4-1-8(2-5-9)3-6-12(18)16-10(13(19)20)7-11(15)17/h1-2,4-5,10H,3,6-7H2,(H2,15,17)(H,16,18)(H,19,20)/t10-/m1/s1. The van der Waals surface area contributed by atoms with Gasteiger partial charge in [-0.1, -0.05) is 12.1 Å². The number of primary amides is 1. The molecule has 0 aliphatic heterocycles. The zero-order chi connectivity index (χ0) is 15.1. The monoisotopic (exact) mass is 282 g/mol. The van der Waals surface area contributed by atoms with Crippen molar-refractivity contribution in [1.82, 2.24) is 5.32 Å². The zero-order valence-electron chi connectivity index (χ0n) is 10.6. The number of amides is 2. The SMILES string of the molecule is NC(=O)C[C@@H](NC(=O)CCc1ccc(F)cc1)C(=O)O. The molecule has 0 aromatic heterocycles. The smallest absolute Gasteiger partial charge is 0.326 e. The average Bonchev–Trinajstić information content (AvgIpc) is 2.36. The number of rotatable bonds is 7. The van der Waals surface area contributed by atoms with E-state index in [2.05, 4.69) is 5.32 Å². The van der Waals surface area contributed by atoms with Gasteiger partial charge in [-0.25, -0.2) is 9.18 Å². The van der Waals surface area contributed by atoms with Crippen molar-refractivity contribution in [3.63, 3.8) is 0 Å². The molecule has 108 valence electrons. The molecule has 0 aliphatic carbocycles. The van der Waals surface area contributed by atoms with Crippen molar-refractivity contribution in [3.05, 3.63) is 35.6 Å². The first-order chi connectivity index (χ1) is 9.38. The summed E-state index contributed by atoms with van der Waals surface area (Å²) in [5.74, 6) is -3.01. The maximum atomic E-state index is 12.7. The highest BCUT2D eigenvalue weighted by atomic mass is 19.1. The number of hydrogen-bond donors (Lipinski definition) is 3. The van der Waals surface area contributed by atoms with Crippen LogP contribution in [0, 0.1) is 5.82 Å². The molecule has 1 aromatic carbocycles. The second-order valence-corrected chi connectivity index (χ2v) is 4.26. The Labute approximate surface area is 114 Å². The molecule has 0 spiro atoms. The van der Waals surface area contributed by atoms with Gasteiger partial charge < -0.3 is 16.2 Å². The highest BCUT2D eigenvalue weighted by Crippen LogP contribution is 2.05. The van der Waals surface area contributed by atoms with Gasteiger partial charge in [-0.15, -0.1) is 0 Å². The molecule has 6 nitrogen and oxygen atoms in total. The molecule has 0 radical (unpaired) electrons. The van der Waals surface area contributed by atoms with Crippen LogP contribution < -0.4 is 11.1 Å². The topological polar surface area (TPSA) is 109 Å². The largest absolute Gasteiger partial charge is 0.480 e. The fourth-order valence-electron chi connectivity index (χ4n) is 1.58. The predicted molar refractivity (Wildman–Crippen MR) is 68.1 cm³/mol. The first-order valence-electron chi connectivity index (χ1n) is 5.93. The first-order valence-corrected chi connectivity index (χ1v) is 5.93. The summed E-state index contributed by atoms with van der Waals surface area (Å²) in [5.41, 5.74) is 5.65. The van der Waals surface area contributed by atoms with Crippen molar-refractivity contribution in [1.29, 1.82) is 0 Å². The van der Waals surface area contributed by atoms with Crippen molar-refractivity contribution in [3.8, 4) is 0 Å². The summed E-state index contributed by atoms with van der Waals surface area (Å²) >= 11 is 0. The molecule has 1 aromatic rings. The molecule has 0 saturated heterocycles. The van der Waals surface area contributed by atoms with Crippen LogP contribution in [0.5, 0.6) is 0 Å². The molecule has 0 aliphatic rings. The van der Waals surface area contributed by atoms with E-state index in [-0.39, 0.29) is 12.2 Å². The Hall–Kier alpha value is -2.44. The summed E-state index contributed by atoms with van der Waals surface area (Å²) in [6.45, 7) is 0. The Bertz CT molecular complexity index is 502. The lowest BCUT2D eigenvalue weighted by molar-refractivity contribution is -0.143. The first kappa shape index (κ1) is 15.6. The van der Waals surface area contributed by atoms with E-state index in [0.29, 0.717) is 6.42 Å². The quantitative estimate of drug-likeness (QED) is 0.663. The van der Waals surface area contributed by atoms with Crippen molar-refractivity contribution < 1.29 is 23.9 Å². The summed E-state index contributed by atoms with van der Waals surface area (Å²) in [6.07, 6.45) is -0.0825. The minimum Gasteiger partial charge on any atom is -0.480 e. The number of nitrogens with two attached hydrogens (primary N) is 1. The van der Waals surface area contributed by atoms with Crippen LogP contribution in [0.15, 0.2) is 24.3 Å². The van der Waals surface area contributed by atoms with Crippen molar-refractivity contribution in [2.45, 2.75) is 25.3 Å². The van der Waals surface area contributed by atoms with E-state index in [9.17, 15) is 18.8 Å². The second kappa shape index (κ2) is 7.22. The van der Waals surface area contributed by atoms with Gasteiger partial charge in [0.05, 0.1) is 6.42 Å². The molecule has 20 heavy (non-hydrogen) atoms. The van der Waals surface area contributed by atoms with E-state index in [1.54, 1.807) is 12.1 Å². The van der Waals surface area contributed by atoms with E-state index in [1.807, 2.05) is 0 Å². The number of hydrogen-bond acceptors (Lipinski definition) is 3. The van der Waals surface area contributed by atoms with Crippen LogP contribution in [0.2, 0.25) is 0 Å². The number of aryl methyl sites for hydroxylation is 1. The van der Waals surface area contributed by atoms with Crippen LogP contribution >= 0.6 is 0 Å². The van der Waals surface area contributed by atoms with E-state index >= 15 is 0 Å². The number of benzene rings is 1. The molecule has 0 bridgehead atoms. The number of carboxylic acids is 1. The van der Waals surface area contributed by atoms with Crippen LogP contribution in [0.25, 0.3) is 0 Å². The van der Waals surface area contributed by atoms with Crippen molar-refractivity contribution in [2.75, 3.05) is 0 Å². The normalized spacial score (nSPS) is 11.7. The van der Waals surface area contributed by atoms with Crippen LogP contribution in [0.1, 0.15) is 18.4 Å². The lowest BCUT2D eigenvalue weighted by Crippen LogP contribution is -2.43. The third-order valence-electron chi connectivity index (χ3n) is 2.59. The minimum atomic E-state index is -1.33. The Morgan fingerprint density at radius 1 is 1.25 bits per heavy atom. The summed E-state index contributed by atoms with van der Waals surface area (Å²) in [5, 5.41) is 11.0. The van der Waals surface area contributed by atoms with Crippen LogP contribution in [-0.4, -0.2) is 28.9 Å². The number of nitrogens with one attached hydrogen (secondary N) is 1. The molecule has 2 amide bonds. The van der Waals surface area contributed by atoms with Gasteiger partial charge in [-0.05, 0) is 24.1 Å². The molecular weight excluding hydrogens is 267 g/mol. The maximum Gasteiger partial charge on any atom is 0.326 e. The fraction of sp³-hybridized carbons (Fsp3) is 0.308. The Morgan fingerprint density at radius 3 is 2.35 bits per heavy atom. The average molecular weight is 282 g/mol. The highest BCUT2D eigenvalue weighted by molar-refractivity contribution is 5.88. The van der Waals surface area contributed by atoms with Crippen LogP contribution in [0.3, 0.4) is 0 Å². The maximum absolute atomic E-state index is 12.7. The number of aliphatic carboxylic acids is 1. The molecule has 1 atom stereocenters. The van der Waals surface area contributed by atoms with Gasteiger partial charge in [-0.3, -0.25) is 9.59 Å².